The molecule has 0 radical (unpaired) electrons. The molecule has 0 atom stereocenters. The van der Waals surface area contributed by atoms with Gasteiger partial charge in [-0.05, 0) is 131 Å². The molecule has 0 heterocycles. The third kappa shape index (κ3) is 7.50. The minimum atomic E-state index is -1.27. The quantitative estimate of drug-likeness (QED) is 0.149. The first-order valence-corrected chi connectivity index (χ1v) is 16.9. The van der Waals surface area contributed by atoms with Gasteiger partial charge in [0.2, 0.25) is 5.82 Å². The maximum absolute atomic E-state index is 15.3. The van der Waals surface area contributed by atoms with E-state index in [9.17, 15) is 17.6 Å². The molecule has 0 bridgehead atoms. The van der Waals surface area contributed by atoms with Gasteiger partial charge in [0, 0.05) is 11.1 Å². The van der Waals surface area contributed by atoms with Crippen LogP contribution in [-0.2, 0) is 6.42 Å². The Hall–Kier alpha value is -3.22. The maximum Gasteiger partial charge on any atom is 0.201 e. The van der Waals surface area contributed by atoms with Crippen LogP contribution in [0.3, 0.4) is 0 Å². The van der Waals surface area contributed by atoms with Gasteiger partial charge in [0.15, 0.2) is 34.8 Å². The van der Waals surface area contributed by atoms with Gasteiger partial charge in [0.25, 0.3) is 0 Å². The molecular formula is C39H44F6O. The van der Waals surface area contributed by atoms with Crippen molar-refractivity contribution in [1.29, 1.82) is 0 Å². The fourth-order valence-corrected chi connectivity index (χ4v) is 7.61. The summed E-state index contributed by atoms with van der Waals surface area (Å²) in [5, 5.41) is 0. The highest BCUT2D eigenvalue weighted by Gasteiger charge is 2.30. The second-order valence-corrected chi connectivity index (χ2v) is 13.1. The molecule has 0 amide bonds. The number of hydrogen-bond donors (Lipinski definition) is 0. The summed E-state index contributed by atoms with van der Waals surface area (Å²) in [5.41, 5.74) is 0.585. The van der Waals surface area contributed by atoms with Gasteiger partial charge >= 0.3 is 0 Å². The van der Waals surface area contributed by atoms with Crippen molar-refractivity contribution in [2.24, 2.45) is 11.8 Å². The van der Waals surface area contributed by atoms with Crippen molar-refractivity contribution in [3.05, 3.63) is 100 Å². The molecule has 3 aromatic carbocycles. The minimum Gasteiger partial charge on any atom is -0.491 e. The third-order valence-corrected chi connectivity index (χ3v) is 10.3. The number of ether oxygens (including phenoxy) is 1. The van der Waals surface area contributed by atoms with Crippen LogP contribution in [0.15, 0.2) is 48.6 Å². The molecule has 0 aliphatic heterocycles. The van der Waals surface area contributed by atoms with E-state index in [1.165, 1.54) is 24.3 Å². The van der Waals surface area contributed by atoms with Crippen LogP contribution in [-0.4, -0.2) is 6.61 Å². The first-order chi connectivity index (χ1) is 22.2. The molecule has 3 aromatic rings. The molecule has 2 saturated carbocycles. The van der Waals surface area contributed by atoms with Crippen molar-refractivity contribution < 1.29 is 31.1 Å². The molecule has 0 spiro atoms. The van der Waals surface area contributed by atoms with Crippen LogP contribution in [0.4, 0.5) is 26.3 Å². The summed E-state index contributed by atoms with van der Waals surface area (Å²) >= 11 is 0. The zero-order valence-corrected chi connectivity index (χ0v) is 26.8. The summed E-state index contributed by atoms with van der Waals surface area (Å²) in [5.74, 6) is -5.29. The second-order valence-electron chi connectivity index (χ2n) is 13.1. The van der Waals surface area contributed by atoms with Gasteiger partial charge < -0.3 is 4.74 Å². The molecular weight excluding hydrogens is 598 g/mol. The van der Waals surface area contributed by atoms with Crippen LogP contribution in [0.1, 0.15) is 113 Å². The lowest BCUT2D eigenvalue weighted by Crippen LogP contribution is -2.18. The Morgan fingerprint density at radius 2 is 1.11 bits per heavy atom. The first-order valence-electron chi connectivity index (χ1n) is 16.9. The zero-order chi connectivity index (χ0) is 32.8. The van der Waals surface area contributed by atoms with Crippen molar-refractivity contribution in [1.82, 2.24) is 0 Å². The SMILES string of the molecule is C/C=C/CCc1ccc(C2CCC(CCC3CCC(c4ccc(-c5ccc(OCC)c(F)c5F)c(F)c4F)CC3)CC2)c(F)c1F. The summed E-state index contributed by atoms with van der Waals surface area (Å²) in [4.78, 5) is 0. The minimum absolute atomic E-state index is 0.0532. The summed E-state index contributed by atoms with van der Waals surface area (Å²) in [6.45, 7) is 3.70. The van der Waals surface area contributed by atoms with Gasteiger partial charge in [-0.3, -0.25) is 0 Å². The first kappa shape index (κ1) is 34.1. The van der Waals surface area contributed by atoms with Crippen LogP contribution in [0.25, 0.3) is 11.1 Å². The van der Waals surface area contributed by atoms with Gasteiger partial charge in [-0.2, -0.15) is 4.39 Å². The second kappa shape index (κ2) is 15.6. The predicted molar refractivity (Wildman–Crippen MR) is 171 cm³/mol. The Kier molecular flexibility index (Phi) is 11.6. The van der Waals surface area contributed by atoms with Gasteiger partial charge in [0.1, 0.15) is 0 Å². The number of aryl methyl sites for hydroxylation is 1. The Morgan fingerprint density at radius 1 is 0.609 bits per heavy atom. The molecule has 0 saturated heterocycles. The monoisotopic (exact) mass is 642 g/mol. The van der Waals surface area contributed by atoms with Crippen molar-refractivity contribution in [2.45, 2.75) is 103 Å². The lowest BCUT2D eigenvalue weighted by Gasteiger charge is -2.32. The normalized spacial score (nSPS) is 22.0. The van der Waals surface area contributed by atoms with E-state index in [0.29, 0.717) is 41.4 Å². The van der Waals surface area contributed by atoms with E-state index in [4.69, 9.17) is 4.74 Å². The van der Waals surface area contributed by atoms with E-state index in [0.717, 1.165) is 64.2 Å². The summed E-state index contributed by atoms with van der Waals surface area (Å²) in [6, 6.07) is 8.82. The number of hydrogen-bond acceptors (Lipinski definition) is 1. The maximum atomic E-state index is 15.3. The summed E-state index contributed by atoms with van der Waals surface area (Å²) < 4.78 is 94.2. The largest absolute Gasteiger partial charge is 0.491 e. The van der Waals surface area contributed by atoms with Crippen molar-refractivity contribution in [3.8, 4) is 16.9 Å². The fraction of sp³-hybridized carbons (Fsp3) is 0.487. The van der Waals surface area contributed by atoms with E-state index >= 15 is 8.78 Å². The van der Waals surface area contributed by atoms with Crippen molar-refractivity contribution >= 4 is 0 Å². The lowest BCUT2D eigenvalue weighted by atomic mass is 9.73. The topological polar surface area (TPSA) is 9.23 Å². The van der Waals surface area contributed by atoms with Crippen LogP contribution < -0.4 is 4.74 Å². The van der Waals surface area contributed by atoms with E-state index in [1.54, 1.807) is 19.1 Å². The molecule has 0 N–H and O–H groups in total. The van der Waals surface area contributed by atoms with E-state index in [-0.39, 0.29) is 35.3 Å². The van der Waals surface area contributed by atoms with Crippen LogP contribution in [0, 0.1) is 46.7 Å². The van der Waals surface area contributed by atoms with E-state index in [2.05, 4.69) is 0 Å². The Balaban J connectivity index is 1.11. The highest BCUT2D eigenvalue weighted by Crippen LogP contribution is 2.43. The summed E-state index contributed by atoms with van der Waals surface area (Å²) in [7, 11) is 0. The summed E-state index contributed by atoms with van der Waals surface area (Å²) in [6.07, 6.45) is 14.3. The van der Waals surface area contributed by atoms with Gasteiger partial charge in [-0.25, -0.2) is 22.0 Å². The number of allylic oxidation sites excluding steroid dienone is 2. The Bertz CT molecular complexity index is 1520. The highest BCUT2D eigenvalue weighted by atomic mass is 19.2. The number of rotatable bonds is 11. The third-order valence-electron chi connectivity index (χ3n) is 10.3. The molecule has 2 fully saturated rings. The molecule has 5 rings (SSSR count). The van der Waals surface area contributed by atoms with Crippen molar-refractivity contribution in [3.63, 3.8) is 0 Å². The standard InChI is InChI=1S/C39H44F6O/c1-3-5-6-7-28-18-19-29(35(41)34(28)40)26-14-10-24(11-15-26)8-9-25-12-16-27(17-13-25)30-20-21-31(37(43)36(30)42)32-22-23-33(46-4-2)39(45)38(32)44/h3,5,18-27H,4,6-17H2,1-2H3/b5-3+. The lowest BCUT2D eigenvalue weighted by molar-refractivity contribution is 0.249. The van der Waals surface area contributed by atoms with E-state index < -0.39 is 34.9 Å². The molecule has 0 aromatic heterocycles. The van der Waals surface area contributed by atoms with Crippen molar-refractivity contribution in [2.75, 3.05) is 6.61 Å². The Morgan fingerprint density at radius 3 is 1.65 bits per heavy atom. The average molecular weight is 643 g/mol. The highest BCUT2D eigenvalue weighted by molar-refractivity contribution is 5.66. The zero-order valence-electron chi connectivity index (χ0n) is 26.8. The van der Waals surface area contributed by atoms with Gasteiger partial charge in [-0.15, -0.1) is 0 Å². The fourth-order valence-electron chi connectivity index (χ4n) is 7.61. The van der Waals surface area contributed by atoms with Gasteiger partial charge in [-0.1, -0.05) is 49.3 Å². The molecule has 7 heteroatoms. The number of benzene rings is 3. The predicted octanol–water partition coefficient (Wildman–Crippen LogP) is 12.1. The van der Waals surface area contributed by atoms with Crippen LogP contribution in [0.2, 0.25) is 0 Å². The van der Waals surface area contributed by atoms with Crippen LogP contribution >= 0.6 is 0 Å². The molecule has 2 aliphatic rings. The molecule has 46 heavy (non-hydrogen) atoms. The van der Waals surface area contributed by atoms with Crippen LogP contribution in [0.5, 0.6) is 5.75 Å². The smallest absolute Gasteiger partial charge is 0.201 e. The molecule has 1 nitrogen and oxygen atoms in total. The average Bonchev–Trinajstić information content (AvgIpc) is 3.07. The number of halogens is 6. The Labute approximate surface area is 269 Å². The molecule has 248 valence electrons. The molecule has 2 aliphatic carbocycles. The van der Waals surface area contributed by atoms with Gasteiger partial charge in [0.05, 0.1) is 6.61 Å². The molecule has 0 unspecified atom stereocenters. The van der Waals surface area contributed by atoms with E-state index in [1.807, 2.05) is 19.1 Å².